The highest BCUT2D eigenvalue weighted by molar-refractivity contribution is 6.39. The van der Waals surface area contributed by atoms with Crippen LogP contribution in [-0.2, 0) is 12.7 Å². The first-order chi connectivity index (χ1) is 13.3. The first kappa shape index (κ1) is 23.0. The summed E-state index contributed by atoms with van der Waals surface area (Å²) in [7, 11) is 0. The standard InChI is InChI=1S/C15H10Cl2F6N4O2/c16-8-1-7(11(28)14(18,19)20)2-9(17)10(8)27-13(29)26-5-6-3-24-12(25-4-6)15(21,22)23/h1-4,11,28H,5H2,(H2,26,27,29)/t11-/m0/s1. The average molecular weight is 463 g/mol. The minimum absolute atomic E-state index is 0.147. The first-order valence-electron chi connectivity index (χ1n) is 7.45. The Balaban J connectivity index is 2.04. The second-order valence-electron chi connectivity index (χ2n) is 5.52. The molecule has 0 aliphatic carbocycles. The van der Waals surface area contributed by atoms with Crippen molar-refractivity contribution in [2.75, 3.05) is 5.32 Å². The van der Waals surface area contributed by atoms with E-state index in [-0.39, 0.29) is 27.8 Å². The fourth-order valence-corrected chi connectivity index (χ4v) is 2.59. The van der Waals surface area contributed by atoms with Crippen LogP contribution in [0.25, 0.3) is 0 Å². The number of hydrogen-bond donors (Lipinski definition) is 3. The zero-order chi connectivity index (χ0) is 22.0. The van der Waals surface area contributed by atoms with E-state index in [1.54, 1.807) is 0 Å². The second-order valence-corrected chi connectivity index (χ2v) is 6.34. The van der Waals surface area contributed by atoms with Gasteiger partial charge in [-0.05, 0) is 17.7 Å². The number of carbonyl (C=O) groups is 1. The molecule has 0 spiro atoms. The third-order valence-corrected chi connectivity index (χ3v) is 3.94. The van der Waals surface area contributed by atoms with E-state index in [0.717, 1.165) is 24.5 Å². The zero-order valence-electron chi connectivity index (χ0n) is 13.9. The number of hydrogen-bond acceptors (Lipinski definition) is 4. The van der Waals surface area contributed by atoms with E-state index in [9.17, 15) is 36.2 Å². The van der Waals surface area contributed by atoms with Gasteiger partial charge < -0.3 is 15.7 Å². The highest BCUT2D eigenvalue weighted by Gasteiger charge is 2.40. The molecule has 0 fully saturated rings. The van der Waals surface area contributed by atoms with E-state index in [1.807, 2.05) is 0 Å². The van der Waals surface area contributed by atoms with E-state index >= 15 is 0 Å². The normalized spacial score (nSPS) is 13.1. The van der Waals surface area contributed by atoms with E-state index in [0.29, 0.717) is 0 Å². The van der Waals surface area contributed by atoms with Crippen LogP contribution in [-0.4, -0.2) is 27.3 Å². The maximum Gasteiger partial charge on any atom is 0.451 e. The number of halogens is 8. The van der Waals surface area contributed by atoms with Crippen molar-refractivity contribution >= 4 is 34.9 Å². The minimum atomic E-state index is -4.94. The Bertz CT molecular complexity index is 867. The zero-order valence-corrected chi connectivity index (χ0v) is 15.4. The topological polar surface area (TPSA) is 87.1 Å². The highest BCUT2D eigenvalue weighted by atomic mass is 35.5. The lowest BCUT2D eigenvalue weighted by atomic mass is 10.1. The molecule has 158 valence electrons. The predicted molar refractivity (Wildman–Crippen MR) is 90.4 cm³/mol. The smallest absolute Gasteiger partial charge is 0.379 e. The molecule has 1 atom stereocenters. The molecule has 0 unspecified atom stereocenters. The van der Waals surface area contributed by atoms with Gasteiger partial charge in [-0.3, -0.25) is 0 Å². The molecule has 3 N–H and O–H groups in total. The quantitative estimate of drug-likeness (QED) is 0.573. The maximum absolute atomic E-state index is 12.6. The summed E-state index contributed by atoms with van der Waals surface area (Å²) < 4.78 is 74.9. The number of nitrogens with zero attached hydrogens (tertiary/aromatic N) is 2. The Morgan fingerprint density at radius 2 is 1.59 bits per heavy atom. The molecule has 2 aromatic rings. The summed E-state index contributed by atoms with van der Waals surface area (Å²) in [5.41, 5.74) is -0.707. The summed E-state index contributed by atoms with van der Waals surface area (Å²) in [4.78, 5) is 18.1. The molecule has 1 aromatic heterocycles. The number of benzene rings is 1. The SMILES string of the molecule is O=C(NCc1cnc(C(F)(F)F)nc1)Nc1c(Cl)cc([C@H](O)C(F)(F)F)cc1Cl. The molecule has 0 bridgehead atoms. The van der Waals surface area contributed by atoms with Gasteiger partial charge in [0, 0.05) is 24.5 Å². The Kier molecular flexibility index (Phi) is 6.81. The molecule has 2 amide bonds. The van der Waals surface area contributed by atoms with Crippen molar-refractivity contribution in [3.8, 4) is 0 Å². The summed E-state index contributed by atoms with van der Waals surface area (Å²) in [5.74, 6) is -1.34. The molecular weight excluding hydrogens is 453 g/mol. The predicted octanol–water partition coefficient (Wildman–Crippen LogP) is 4.72. The maximum atomic E-state index is 12.6. The van der Waals surface area contributed by atoms with Gasteiger partial charge in [-0.15, -0.1) is 0 Å². The van der Waals surface area contributed by atoms with Crippen LogP contribution in [0.1, 0.15) is 23.1 Å². The van der Waals surface area contributed by atoms with Crippen molar-refractivity contribution in [1.82, 2.24) is 15.3 Å². The number of rotatable bonds is 4. The minimum Gasteiger partial charge on any atom is -0.379 e. The molecule has 1 heterocycles. The molecule has 0 radical (unpaired) electrons. The lowest BCUT2D eigenvalue weighted by Gasteiger charge is -2.17. The first-order valence-corrected chi connectivity index (χ1v) is 8.21. The third-order valence-electron chi connectivity index (χ3n) is 3.34. The number of urea groups is 1. The Labute approximate surface area is 168 Å². The summed E-state index contributed by atoms with van der Waals surface area (Å²) in [6.07, 6.45) is -10.7. The molecule has 2 rings (SSSR count). The molecule has 0 saturated carbocycles. The van der Waals surface area contributed by atoms with Crippen LogP contribution in [0.5, 0.6) is 0 Å². The Hall–Kier alpha value is -2.31. The van der Waals surface area contributed by atoms with Crippen molar-refractivity contribution in [3.63, 3.8) is 0 Å². The van der Waals surface area contributed by atoms with Crippen molar-refractivity contribution in [2.45, 2.75) is 25.0 Å². The molecule has 1 aromatic carbocycles. The number of alkyl halides is 6. The molecule has 14 heteroatoms. The summed E-state index contributed by atoms with van der Waals surface area (Å²) >= 11 is 11.6. The molecule has 0 aliphatic heterocycles. The number of aliphatic hydroxyl groups is 1. The van der Waals surface area contributed by atoms with Gasteiger partial charge in [0.25, 0.3) is 0 Å². The summed E-state index contributed by atoms with van der Waals surface area (Å²) in [6.45, 7) is -0.260. The number of aromatic nitrogens is 2. The molecule has 0 saturated heterocycles. The van der Waals surface area contributed by atoms with Crippen LogP contribution < -0.4 is 10.6 Å². The number of amides is 2. The van der Waals surface area contributed by atoms with Crippen LogP contribution >= 0.6 is 23.2 Å². The van der Waals surface area contributed by atoms with Gasteiger partial charge in [0.05, 0.1) is 15.7 Å². The van der Waals surface area contributed by atoms with Crippen LogP contribution in [0.2, 0.25) is 10.0 Å². The number of nitrogens with one attached hydrogen (secondary N) is 2. The number of anilines is 1. The summed E-state index contributed by atoms with van der Waals surface area (Å²) in [5, 5.41) is 12.9. The van der Waals surface area contributed by atoms with Crippen molar-refractivity contribution in [2.24, 2.45) is 0 Å². The van der Waals surface area contributed by atoms with E-state index in [2.05, 4.69) is 20.6 Å². The van der Waals surface area contributed by atoms with Gasteiger partial charge in [0.2, 0.25) is 5.82 Å². The third kappa shape index (κ3) is 6.08. The van der Waals surface area contributed by atoms with E-state index in [4.69, 9.17) is 23.2 Å². The van der Waals surface area contributed by atoms with Crippen LogP contribution in [0, 0.1) is 0 Å². The summed E-state index contributed by atoms with van der Waals surface area (Å²) in [6, 6.07) is 0.660. The fourth-order valence-electron chi connectivity index (χ4n) is 1.99. The van der Waals surface area contributed by atoms with E-state index in [1.165, 1.54) is 0 Å². The van der Waals surface area contributed by atoms with Crippen molar-refractivity contribution in [1.29, 1.82) is 0 Å². The van der Waals surface area contributed by atoms with Crippen molar-refractivity contribution in [3.05, 3.63) is 51.5 Å². The molecule has 29 heavy (non-hydrogen) atoms. The number of aliphatic hydroxyl groups excluding tert-OH is 1. The van der Waals surface area contributed by atoms with Gasteiger partial charge in [-0.1, -0.05) is 23.2 Å². The molecular formula is C15H10Cl2F6N4O2. The monoisotopic (exact) mass is 462 g/mol. The lowest BCUT2D eigenvalue weighted by Crippen LogP contribution is -2.28. The van der Waals surface area contributed by atoms with Gasteiger partial charge in [-0.25, -0.2) is 14.8 Å². The van der Waals surface area contributed by atoms with Gasteiger partial charge in [-0.2, -0.15) is 26.3 Å². The molecule has 0 aliphatic rings. The van der Waals surface area contributed by atoms with Gasteiger partial charge in [0.15, 0.2) is 6.10 Å². The van der Waals surface area contributed by atoms with E-state index < -0.39 is 35.9 Å². The second kappa shape index (κ2) is 8.59. The lowest BCUT2D eigenvalue weighted by molar-refractivity contribution is -0.206. The molecule has 6 nitrogen and oxygen atoms in total. The van der Waals surface area contributed by atoms with Crippen LogP contribution in [0.4, 0.5) is 36.8 Å². The highest BCUT2D eigenvalue weighted by Crippen LogP contribution is 2.38. The Morgan fingerprint density at radius 3 is 2.03 bits per heavy atom. The largest absolute Gasteiger partial charge is 0.451 e. The van der Waals surface area contributed by atoms with Crippen molar-refractivity contribution < 1.29 is 36.2 Å². The van der Waals surface area contributed by atoms with Gasteiger partial charge >= 0.3 is 18.4 Å². The fraction of sp³-hybridized carbons (Fsp3) is 0.267. The number of carbonyl (C=O) groups excluding carboxylic acids is 1. The van der Waals surface area contributed by atoms with Crippen LogP contribution in [0.15, 0.2) is 24.5 Å². The average Bonchev–Trinajstić information content (AvgIpc) is 2.61. The van der Waals surface area contributed by atoms with Crippen LogP contribution in [0.3, 0.4) is 0 Å². The Morgan fingerprint density at radius 1 is 1.07 bits per heavy atom. The van der Waals surface area contributed by atoms with Gasteiger partial charge in [0.1, 0.15) is 0 Å².